The average Bonchev–Trinajstić information content (AvgIpc) is 2.58. The molecule has 2 heterocycles. The number of hydrogen-bond acceptors (Lipinski definition) is 6. The second-order valence-electron chi connectivity index (χ2n) is 5.25. The van der Waals surface area contributed by atoms with Gasteiger partial charge < -0.3 is 9.68 Å². The van der Waals surface area contributed by atoms with Gasteiger partial charge in [-0.25, -0.2) is 0 Å². The third-order valence-corrected chi connectivity index (χ3v) is 3.24. The van der Waals surface area contributed by atoms with Crippen LogP contribution in [0.5, 0.6) is 0 Å². The average molecular weight is 326 g/mol. The van der Waals surface area contributed by atoms with Gasteiger partial charge in [-0.05, 0) is 51.0 Å². The van der Waals surface area contributed by atoms with Crippen LogP contribution in [0.15, 0.2) is 46.7 Å². The number of nitrogens with zero attached hydrogens (tertiary/aromatic N) is 4. The van der Waals surface area contributed by atoms with Crippen LogP contribution in [0.3, 0.4) is 0 Å². The second-order valence-corrected chi connectivity index (χ2v) is 5.25. The molecular formula is C18H22N4O2. The molecule has 0 saturated heterocycles. The van der Waals surface area contributed by atoms with Gasteiger partial charge in [0, 0.05) is 11.4 Å². The Hall–Kier alpha value is -2.76. The predicted molar refractivity (Wildman–Crippen MR) is 94.3 cm³/mol. The van der Waals surface area contributed by atoms with Gasteiger partial charge in [-0.3, -0.25) is 9.97 Å². The molecule has 0 aliphatic carbocycles. The van der Waals surface area contributed by atoms with Gasteiger partial charge in [-0.15, -0.1) is 0 Å². The van der Waals surface area contributed by atoms with Gasteiger partial charge in [0.05, 0.1) is 17.6 Å². The molecule has 126 valence electrons. The van der Waals surface area contributed by atoms with Crippen LogP contribution < -0.4 is 0 Å². The van der Waals surface area contributed by atoms with Crippen LogP contribution in [-0.4, -0.2) is 35.6 Å². The van der Waals surface area contributed by atoms with E-state index in [0.29, 0.717) is 6.61 Å². The lowest BCUT2D eigenvalue weighted by Gasteiger charge is -2.04. The van der Waals surface area contributed by atoms with Crippen molar-refractivity contribution in [1.82, 2.24) is 9.97 Å². The standard InChI is InChI=1S/C18H22N4O2/c1-14-7-4-9-17(20-14)13-19-24-12-6-10-16-8-5-11-18(21-16)15(2)22-23-3/h4-5,7-9,11,13H,6,10,12H2,1-3H3/b19-13+,22-15+. The van der Waals surface area contributed by atoms with Crippen molar-refractivity contribution >= 4 is 11.9 Å². The second kappa shape index (κ2) is 9.39. The molecular weight excluding hydrogens is 304 g/mol. The summed E-state index contributed by atoms with van der Waals surface area (Å²) in [5.74, 6) is 0. The topological polar surface area (TPSA) is 69.0 Å². The summed E-state index contributed by atoms with van der Waals surface area (Å²) in [4.78, 5) is 18.9. The van der Waals surface area contributed by atoms with Gasteiger partial charge in [0.25, 0.3) is 0 Å². The van der Waals surface area contributed by atoms with Crippen molar-refractivity contribution in [2.45, 2.75) is 26.7 Å². The molecule has 0 unspecified atom stereocenters. The summed E-state index contributed by atoms with van der Waals surface area (Å²) >= 11 is 0. The van der Waals surface area contributed by atoms with E-state index >= 15 is 0 Å². The van der Waals surface area contributed by atoms with Crippen molar-refractivity contribution in [3.05, 3.63) is 59.2 Å². The Labute approximate surface area is 142 Å². The molecule has 0 radical (unpaired) electrons. The lowest BCUT2D eigenvalue weighted by molar-refractivity contribution is 0.143. The number of oxime groups is 2. The molecule has 6 nitrogen and oxygen atoms in total. The van der Waals surface area contributed by atoms with E-state index in [9.17, 15) is 0 Å². The highest BCUT2D eigenvalue weighted by Crippen LogP contribution is 2.04. The van der Waals surface area contributed by atoms with Crippen LogP contribution >= 0.6 is 0 Å². The highest BCUT2D eigenvalue weighted by Gasteiger charge is 2.02. The van der Waals surface area contributed by atoms with Gasteiger partial charge in [0.15, 0.2) is 0 Å². The lowest BCUT2D eigenvalue weighted by Crippen LogP contribution is -2.03. The van der Waals surface area contributed by atoms with Crippen molar-refractivity contribution in [3.8, 4) is 0 Å². The zero-order valence-corrected chi connectivity index (χ0v) is 14.3. The summed E-state index contributed by atoms with van der Waals surface area (Å²) in [6, 6.07) is 11.6. The minimum atomic E-state index is 0.527. The number of hydrogen-bond donors (Lipinski definition) is 0. The first-order chi connectivity index (χ1) is 11.7. The fourth-order valence-electron chi connectivity index (χ4n) is 2.10. The number of rotatable bonds is 8. The van der Waals surface area contributed by atoms with Gasteiger partial charge in [0.2, 0.25) is 0 Å². The number of aromatic nitrogens is 2. The number of aryl methyl sites for hydroxylation is 2. The molecule has 0 fully saturated rings. The minimum Gasteiger partial charge on any atom is -0.399 e. The number of pyridine rings is 2. The Bertz CT molecular complexity index is 714. The summed E-state index contributed by atoms with van der Waals surface area (Å²) in [6.07, 6.45) is 3.26. The molecule has 6 heteroatoms. The molecule has 2 aromatic rings. The van der Waals surface area contributed by atoms with Gasteiger partial charge in [-0.2, -0.15) is 0 Å². The van der Waals surface area contributed by atoms with E-state index in [0.717, 1.165) is 41.3 Å². The Morgan fingerprint density at radius 2 is 2.00 bits per heavy atom. The molecule has 0 N–H and O–H groups in total. The van der Waals surface area contributed by atoms with Gasteiger partial charge >= 0.3 is 0 Å². The molecule has 0 aliphatic rings. The molecule has 0 aromatic carbocycles. The summed E-state index contributed by atoms with van der Waals surface area (Å²) in [6.45, 7) is 4.34. The van der Waals surface area contributed by atoms with E-state index in [-0.39, 0.29) is 0 Å². The Morgan fingerprint density at radius 3 is 2.79 bits per heavy atom. The van der Waals surface area contributed by atoms with E-state index in [1.54, 1.807) is 6.21 Å². The zero-order chi connectivity index (χ0) is 17.2. The van der Waals surface area contributed by atoms with Crippen molar-refractivity contribution in [2.75, 3.05) is 13.7 Å². The van der Waals surface area contributed by atoms with Crippen LogP contribution in [-0.2, 0) is 16.1 Å². The Kier molecular flexibility index (Phi) is 6.89. The van der Waals surface area contributed by atoms with Crippen molar-refractivity contribution < 1.29 is 9.68 Å². The Balaban J connectivity index is 1.76. The van der Waals surface area contributed by atoms with E-state index in [1.807, 2.05) is 50.2 Å². The molecule has 0 bridgehead atoms. The van der Waals surface area contributed by atoms with Crippen LogP contribution in [0.25, 0.3) is 0 Å². The van der Waals surface area contributed by atoms with E-state index < -0.39 is 0 Å². The quantitative estimate of drug-likeness (QED) is 0.424. The fourth-order valence-corrected chi connectivity index (χ4v) is 2.10. The molecule has 0 saturated carbocycles. The van der Waals surface area contributed by atoms with Crippen molar-refractivity contribution in [1.29, 1.82) is 0 Å². The van der Waals surface area contributed by atoms with Crippen LogP contribution in [0.1, 0.15) is 36.1 Å². The maximum absolute atomic E-state index is 5.27. The maximum atomic E-state index is 5.27. The smallest absolute Gasteiger partial charge is 0.117 e. The Morgan fingerprint density at radius 1 is 1.17 bits per heavy atom. The van der Waals surface area contributed by atoms with Crippen LogP contribution in [0.4, 0.5) is 0 Å². The van der Waals surface area contributed by atoms with E-state index in [2.05, 4.69) is 20.3 Å². The van der Waals surface area contributed by atoms with Crippen LogP contribution in [0.2, 0.25) is 0 Å². The molecule has 0 aliphatic heterocycles. The van der Waals surface area contributed by atoms with Crippen LogP contribution in [0, 0.1) is 6.92 Å². The molecule has 0 amide bonds. The highest BCUT2D eigenvalue weighted by atomic mass is 16.6. The molecule has 24 heavy (non-hydrogen) atoms. The fraction of sp³-hybridized carbons (Fsp3) is 0.333. The lowest BCUT2D eigenvalue weighted by atomic mass is 10.2. The monoisotopic (exact) mass is 326 g/mol. The van der Waals surface area contributed by atoms with Crippen molar-refractivity contribution in [2.24, 2.45) is 10.3 Å². The normalized spacial score (nSPS) is 11.7. The van der Waals surface area contributed by atoms with E-state index in [1.165, 1.54) is 7.11 Å². The van der Waals surface area contributed by atoms with E-state index in [4.69, 9.17) is 9.68 Å². The third-order valence-electron chi connectivity index (χ3n) is 3.24. The molecule has 0 atom stereocenters. The summed E-state index contributed by atoms with van der Waals surface area (Å²) in [5.41, 5.74) is 4.31. The van der Waals surface area contributed by atoms with Gasteiger partial charge in [-0.1, -0.05) is 22.4 Å². The van der Waals surface area contributed by atoms with Gasteiger partial charge in [0.1, 0.15) is 19.4 Å². The summed E-state index contributed by atoms with van der Waals surface area (Å²) in [7, 11) is 1.53. The highest BCUT2D eigenvalue weighted by molar-refractivity contribution is 5.96. The SMILES string of the molecule is CO/N=C(\C)c1cccc(CCCO/N=C/c2cccc(C)n2)n1. The minimum absolute atomic E-state index is 0.527. The molecule has 2 rings (SSSR count). The largest absolute Gasteiger partial charge is 0.399 e. The first-order valence-corrected chi connectivity index (χ1v) is 7.82. The summed E-state index contributed by atoms with van der Waals surface area (Å²) in [5, 5.41) is 7.84. The zero-order valence-electron chi connectivity index (χ0n) is 14.3. The first kappa shape index (κ1) is 17.6. The maximum Gasteiger partial charge on any atom is 0.117 e. The molecule has 0 spiro atoms. The molecule has 2 aromatic heterocycles. The first-order valence-electron chi connectivity index (χ1n) is 7.82. The van der Waals surface area contributed by atoms with Crippen molar-refractivity contribution in [3.63, 3.8) is 0 Å². The predicted octanol–water partition coefficient (Wildman–Crippen LogP) is 3.14. The third kappa shape index (κ3) is 5.79. The summed E-state index contributed by atoms with van der Waals surface area (Å²) < 4.78 is 0.